The molecule has 0 heterocycles. The molecule has 0 saturated carbocycles. The maximum atomic E-state index is 9.37. The van der Waals surface area contributed by atoms with E-state index >= 15 is 0 Å². The van der Waals surface area contributed by atoms with Crippen LogP contribution < -0.4 is 30.8 Å². The largest absolute Gasteiger partial charge is 3.00 e. The summed E-state index contributed by atoms with van der Waals surface area (Å²) in [4.78, 5) is 0. The van der Waals surface area contributed by atoms with Crippen molar-refractivity contribution in [1.82, 2.24) is 30.8 Å². The zero-order valence-electron chi connectivity index (χ0n) is 25.0. The molecule has 0 spiro atoms. The smallest absolute Gasteiger partial charge is 0.759 e. The normalized spacial score (nSPS) is 12.0. The van der Waals surface area contributed by atoms with Crippen molar-refractivity contribution in [2.24, 2.45) is 0 Å². The number of hydrogen-bond donors (Lipinski definition) is 8. The second kappa shape index (κ2) is 44.2. The van der Waals surface area contributed by atoms with Crippen molar-refractivity contribution in [3.05, 3.63) is 0 Å². The van der Waals surface area contributed by atoms with Crippen LogP contribution in [0, 0.1) is 0 Å². The topological polar surface area (TPSA) is 842 Å². The predicted octanol–water partition coefficient (Wildman–Crippen LogP) is -7.88. The van der Waals surface area contributed by atoms with Gasteiger partial charge in [0.1, 0.15) is 0 Å². The SMILES string of the molecule is O=S(=O)([O-])OOS(=O)(=O)[O-].O=S(=O)([O-])OOS(=O)(=O)[O-].O=S(=O)([O-])OOS(=O)(=O)[O-].O=S(=O)([O-])[O-].O=S([O-])O.O=S([O-])O.O=S([O-])O.[Fe+3].[Fe+3].[NH4+].[NH4+].[NH4+].[NH4+].[NH4+]. The fourth-order valence-electron chi connectivity index (χ4n) is 0.204. The Morgan fingerprint density at radius 2 is 0.352 bits per heavy atom. The zero-order chi connectivity index (χ0) is 40.5. The van der Waals surface area contributed by atoms with Crippen LogP contribution in [0.15, 0.2) is 0 Å². The Balaban J connectivity index is -0.0000000292. The maximum absolute atomic E-state index is 9.37. The molecular formula is H23Fe2N5O37S10. The first kappa shape index (κ1) is 94.9. The van der Waals surface area contributed by atoms with E-state index in [2.05, 4.69) is 26.0 Å². The van der Waals surface area contributed by atoms with Gasteiger partial charge in [0.15, 0.2) is 0 Å². The van der Waals surface area contributed by atoms with E-state index in [1.807, 2.05) is 0 Å². The van der Waals surface area contributed by atoms with Crippen LogP contribution in [0.3, 0.4) is 0 Å². The average molecular weight is 1120 g/mol. The summed E-state index contributed by atoms with van der Waals surface area (Å²) < 4.78 is 291. The van der Waals surface area contributed by atoms with Gasteiger partial charge in [-0.1, -0.05) is 0 Å². The first-order valence-corrected chi connectivity index (χ1v) is 19.1. The van der Waals surface area contributed by atoms with Crippen molar-refractivity contribution in [3.8, 4) is 0 Å². The molecule has 2 radical (unpaired) electrons. The Bertz CT molecular complexity index is 1390. The molecule has 23 N–H and O–H groups in total. The summed E-state index contributed by atoms with van der Waals surface area (Å²) in [5, 5.41) is 0. The van der Waals surface area contributed by atoms with Gasteiger partial charge in [0.05, 0.1) is 34.1 Å². The summed E-state index contributed by atoms with van der Waals surface area (Å²) in [5.41, 5.74) is 0. The van der Waals surface area contributed by atoms with E-state index in [4.69, 9.17) is 57.5 Å². The van der Waals surface area contributed by atoms with Crippen LogP contribution in [0.5, 0.6) is 0 Å². The Morgan fingerprint density at radius 1 is 0.315 bits per heavy atom. The molecule has 54 heteroatoms. The third-order valence-corrected chi connectivity index (χ3v) is 2.25. The van der Waals surface area contributed by atoms with Crippen LogP contribution >= 0.6 is 0 Å². The van der Waals surface area contributed by atoms with Crippen molar-refractivity contribution in [2.75, 3.05) is 0 Å². The fraction of sp³-hybridized carbons (Fsp3) is 0. The van der Waals surface area contributed by atoms with Crippen molar-refractivity contribution in [3.63, 3.8) is 0 Å². The Hall–Kier alpha value is 0.139. The summed E-state index contributed by atoms with van der Waals surface area (Å²) >= 11 is -8.58. The third-order valence-electron chi connectivity index (χ3n) is 0.583. The van der Waals surface area contributed by atoms with Gasteiger partial charge in [-0.25, -0.2) is 63.1 Å². The second-order valence-electron chi connectivity index (χ2n) is 3.92. The van der Waals surface area contributed by atoms with Crippen molar-refractivity contribution in [2.45, 2.75) is 0 Å². The molecule has 0 aromatic carbocycles. The van der Waals surface area contributed by atoms with Gasteiger partial charge in [-0.3, -0.25) is 8.42 Å². The molecule has 0 fully saturated rings. The van der Waals surface area contributed by atoms with Gasteiger partial charge in [-0.05, 0) is 0 Å². The van der Waals surface area contributed by atoms with E-state index in [0.29, 0.717) is 0 Å². The molecule has 0 aliphatic rings. The van der Waals surface area contributed by atoms with Gasteiger partial charge < -0.3 is 94.5 Å². The van der Waals surface area contributed by atoms with Gasteiger partial charge in [0.2, 0.25) is 62.4 Å². The molecule has 0 bridgehead atoms. The van der Waals surface area contributed by atoms with E-state index in [1.54, 1.807) is 0 Å². The van der Waals surface area contributed by atoms with Gasteiger partial charge in [-0.15, -0.1) is 26.0 Å². The van der Waals surface area contributed by atoms with E-state index in [9.17, 15) is 77.8 Å². The summed E-state index contributed by atoms with van der Waals surface area (Å²) in [5.74, 6) is 0. The van der Waals surface area contributed by atoms with Gasteiger partial charge in [-0.2, -0.15) is 0 Å². The molecule has 0 aliphatic carbocycles. The van der Waals surface area contributed by atoms with Crippen molar-refractivity contribution >= 4 is 107 Å². The summed E-state index contributed by atoms with van der Waals surface area (Å²) in [6.45, 7) is 0. The first-order chi connectivity index (χ1) is 19.8. The van der Waals surface area contributed by atoms with E-state index in [-0.39, 0.29) is 64.9 Å². The molecule has 3 unspecified atom stereocenters. The summed E-state index contributed by atoms with van der Waals surface area (Å²) in [7, 11) is -37.0. The van der Waals surface area contributed by atoms with Crippen LogP contribution in [0.2, 0.25) is 0 Å². The van der Waals surface area contributed by atoms with Gasteiger partial charge >= 0.3 is 34.1 Å². The van der Waals surface area contributed by atoms with E-state index in [0.717, 1.165) is 0 Å². The Labute approximate surface area is 331 Å². The summed E-state index contributed by atoms with van der Waals surface area (Å²) in [6.07, 6.45) is 0. The van der Waals surface area contributed by atoms with Crippen LogP contribution in [0.25, 0.3) is 0 Å². The molecule has 346 valence electrons. The second-order valence-corrected chi connectivity index (χ2v) is 11.8. The van der Waals surface area contributed by atoms with Crippen LogP contribution in [0.4, 0.5) is 0 Å². The van der Waals surface area contributed by atoms with Gasteiger partial charge in [0.25, 0.3) is 0 Å². The van der Waals surface area contributed by atoms with Crippen LogP contribution in [0.1, 0.15) is 0 Å². The third kappa shape index (κ3) is 305. The molecule has 0 aromatic rings. The molecule has 42 nitrogen and oxygen atoms in total. The van der Waals surface area contributed by atoms with E-state index in [1.165, 1.54) is 0 Å². The molecular weight excluding hydrogens is 1090 g/mol. The standard InChI is InChI=1S/2Fe.5H3N.3H2O8S2.H2O4S.3H2O3S/c;;;;;;;3*1-9(2,3)7-8-10(4,5)6;1-5(2,3)4;3*1-4(2)3/h;;5*1H3;3*(H,1,2,3)(H,4,5,6);(H2,1,2,3,4);3*(H2,1,2,3)/q2*+3;;;;;;;;;;;;/p-6. The summed E-state index contributed by atoms with van der Waals surface area (Å²) in [6, 6.07) is 0. The van der Waals surface area contributed by atoms with Crippen LogP contribution in [-0.2, 0) is 167 Å². The minimum absolute atomic E-state index is 0. The number of rotatable bonds is 9. The molecule has 0 amide bonds. The van der Waals surface area contributed by atoms with Crippen LogP contribution in [-0.4, -0.2) is 135 Å². The molecule has 0 saturated heterocycles. The Morgan fingerprint density at radius 3 is 0.370 bits per heavy atom. The molecule has 3 atom stereocenters. The monoisotopic (exact) mass is 1120 g/mol. The number of quaternary nitrogens is 5. The molecule has 0 aromatic heterocycles. The molecule has 54 heavy (non-hydrogen) atoms. The quantitative estimate of drug-likeness (QED) is 0.0265. The van der Waals surface area contributed by atoms with Crippen molar-refractivity contribution < 1.29 is 195 Å². The first-order valence-electron chi connectivity index (χ1n) is 6.71. The Kier molecular flexibility index (Phi) is 77.7. The molecule has 0 aliphatic heterocycles. The maximum Gasteiger partial charge on any atom is 3.00 e. The van der Waals surface area contributed by atoms with E-state index < -0.39 is 107 Å². The van der Waals surface area contributed by atoms with Crippen molar-refractivity contribution in [1.29, 1.82) is 0 Å². The molecule has 0 rings (SSSR count). The minimum atomic E-state index is -5.31. The van der Waals surface area contributed by atoms with Gasteiger partial charge in [0, 0.05) is 10.4 Å². The fourth-order valence-corrected chi connectivity index (χ4v) is 1.84. The zero-order valence-corrected chi connectivity index (χ0v) is 35.4. The number of hydrogen-bond acceptors (Lipinski definition) is 34. The predicted molar refractivity (Wildman–Crippen MR) is 140 cm³/mol. The average Bonchev–Trinajstić information content (AvgIpc) is 2.65. The minimum Gasteiger partial charge on any atom is -0.759 e.